The summed E-state index contributed by atoms with van der Waals surface area (Å²) in [6, 6.07) is 3.50. The van der Waals surface area contributed by atoms with Crippen molar-refractivity contribution in [2.75, 3.05) is 13.7 Å². The molecule has 0 spiro atoms. The first-order chi connectivity index (χ1) is 12.3. The Hall–Kier alpha value is -2.46. The number of ether oxygens (including phenoxy) is 2. The summed E-state index contributed by atoms with van der Waals surface area (Å²) in [5.74, 6) is -0.875. The van der Waals surface area contributed by atoms with Crippen LogP contribution in [0.4, 0.5) is 5.69 Å². The Balaban J connectivity index is 2.31. The molecule has 138 valence electrons. The fourth-order valence-electron chi connectivity index (χ4n) is 2.27. The lowest BCUT2D eigenvalue weighted by atomic mass is 10.1. The zero-order valence-electron chi connectivity index (χ0n) is 14.3. The quantitative estimate of drug-likeness (QED) is 0.238. The predicted octanol–water partition coefficient (Wildman–Crippen LogP) is 2.76. The summed E-state index contributed by atoms with van der Waals surface area (Å²) in [4.78, 5) is 36.5. The number of rotatable bonds is 6. The number of amides is 1. The largest absolute Gasteiger partial charge is 0.490 e. The molecule has 2 rings (SSSR count). The highest BCUT2D eigenvalue weighted by molar-refractivity contribution is 8.26. The van der Waals surface area contributed by atoms with E-state index in [0.29, 0.717) is 5.56 Å². The molecule has 1 fully saturated rings. The van der Waals surface area contributed by atoms with Gasteiger partial charge in [-0.2, -0.15) is 0 Å². The molecule has 0 N–H and O–H groups in total. The van der Waals surface area contributed by atoms with Crippen molar-refractivity contribution in [1.82, 2.24) is 4.90 Å². The Kier molecular flexibility index (Phi) is 6.32. The fraction of sp³-hybridized carbons (Fsp3) is 0.312. The van der Waals surface area contributed by atoms with Crippen LogP contribution in [0.15, 0.2) is 23.1 Å². The van der Waals surface area contributed by atoms with Crippen molar-refractivity contribution in [2.45, 2.75) is 19.9 Å². The van der Waals surface area contributed by atoms with E-state index in [1.165, 1.54) is 37.1 Å². The minimum Gasteiger partial charge on any atom is -0.490 e. The van der Waals surface area contributed by atoms with E-state index in [0.717, 1.165) is 11.8 Å². The molecule has 1 aromatic rings. The molecule has 1 aromatic carbocycles. The maximum Gasteiger partial charge on any atom is 0.329 e. The van der Waals surface area contributed by atoms with Crippen molar-refractivity contribution in [1.29, 1.82) is 0 Å². The van der Waals surface area contributed by atoms with Gasteiger partial charge in [-0.05, 0) is 31.6 Å². The molecule has 0 saturated carbocycles. The van der Waals surface area contributed by atoms with Crippen molar-refractivity contribution < 1.29 is 24.0 Å². The predicted molar refractivity (Wildman–Crippen MR) is 101 cm³/mol. The molecule has 1 heterocycles. The number of hydrogen-bond acceptors (Lipinski definition) is 8. The van der Waals surface area contributed by atoms with Crippen LogP contribution >= 0.6 is 24.0 Å². The fourth-order valence-corrected chi connectivity index (χ4v) is 3.69. The van der Waals surface area contributed by atoms with Crippen molar-refractivity contribution in [3.63, 3.8) is 0 Å². The lowest BCUT2D eigenvalue weighted by Gasteiger charge is -2.21. The van der Waals surface area contributed by atoms with Crippen molar-refractivity contribution in [3.8, 4) is 5.75 Å². The summed E-state index contributed by atoms with van der Waals surface area (Å²) in [6.45, 7) is 3.40. The Labute approximate surface area is 159 Å². The average Bonchev–Trinajstić information content (AvgIpc) is 2.87. The number of nitrogens with zero attached hydrogens (tertiary/aromatic N) is 2. The minimum atomic E-state index is -0.849. The second kappa shape index (κ2) is 8.28. The van der Waals surface area contributed by atoms with Crippen LogP contribution in [-0.2, 0) is 14.3 Å². The van der Waals surface area contributed by atoms with Crippen LogP contribution in [0.1, 0.15) is 19.4 Å². The summed E-state index contributed by atoms with van der Waals surface area (Å²) in [5.41, 5.74) is 0.235. The van der Waals surface area contributed by atoms with E-state index in [-0.39, 0.29) is 27.3 Å². The van der Waals surface area contributed by atoms with Gasteiger partial charge in [0.1, 0.15) is 10.4 Å². The molecular formula is C16H16N2O6S2. The molecular weight excluding hydrogens is 380 g/mol. The molecule has 0 radical (unpaired) electrons. The second-order valence-electron chi connectivity index (χ2n) is 5.17. The van der Waals surface area contributed by atoms with E-state index in [9.17, 15) is 19.7 Å². The van der Waals surface area contributed by atoms with E-state index in [4.69, 9.17) is 21.7 Å². The molecule has 0 aromatic heterocycles. The van der Waals surface area contributed by atoms with Crippen LogP contribution in [0.2, 0.25) is 0 Å². The van der Waals surface area contributed by atoms with E-state index in [2.05, 4.69) is 0 Å². The standard InChI is InChI=1S/C16H16N2O6S2/c1-4-24-15(20)9(2)17-14(19)13(26-16(17)25)8-10-5-6-12(23-3)11(7-10)18(21)22/h5-9H,4H2,1-3H3/b13-8-. The summed E-state index contributed by atoms with van der Waals surface area (Å²) < 4.78 is 10.1. The van der Waals surface area contributed by atoms with Gasteiger partial charge in [0.2, 0.25) is 0 Å². The van der Waals surface area contributed by atoms with Gasteiger partial charge < -0.3 is 9.47 Å². The molecule has 1 atom stereocenters. The third-order valence-electron chi connectivity index (χ3n) is 3.54. The lowest BCUT2D eigenvalue weighted by Crippen LogP contribution is -2.42. The second-order valence-corrected chi connectivity index (χ2v) is 6.84. The Bertz CT molecular complexity index is 808. The van der Waals surface area contributed by atoms with Gasteiger partial charge in [-0.15, -0.1) is 0 Å². The average molecular weight is 396 g/mol. The maximum absolute atomic E-state index is 12.6. The molecule has 8 nitrogen and oxygen atoms in total. The molecule has 26 heavy (non-hydrogen) atoms. The number of nitro benzene ring substituents is 1. The highest BCUT2D eigenvalue weighted by Gasteiger charge is 2.38. The number of hydrogen-bond donors (Lipinski definition) is 0. The molecule has 1 amide bonds. The summed E-state index contributed by atoms with van der Waals surface area (Å²) in [7, 11) is 1.34. The third kappa shape index (κ3) is 4.02. The van der Waals surface area contributed by atoms with E-state index in [1.54, 1.807) is 13.0 Å². The smallest absolute Gasteiger partial charge is 0.329 e. The van der Waals surface area contributed by atoms with Crippen molar-refractivity contribution >= 4 is 51.9 Å². The highest BCUT2D eigenvalue weighted by Crippen LogP contribution is 2.35. The minimum absolute atomic E-state index is 0.121. The number of carbonyl (C=O) groups is 2. The zero-order valence-corrected chi connectivity index (χ0v) is 15.9. The first-order valence-electron chi connectivity index (χ1n) is 7.56. The van der Waals surface area contributed by atoms with Gasteiger partial charge in [0.05, 0.1) is 23.5 Å². The van der Waals surface area contributed by atoms with Crippen LogP contribution in [0.3, 0.4) is 0 Å². The SMILES string of the molecule is CCOC(=O)C(C)N1C(=O)/C(=C/c2ccc(OC)c([N+](=O)[O-])c2)SC1=S. The van der Waals surface area contributed by atoms with Gasteiger partial charge in [-0.25, -0.2) is 4.79 Å². The van der Waals surface area contributed by atoms with Crippen LogP contribution in [-0.4, -0.2) is 45.8 Å². The van der Waals surface area contributed by atoms with Crippen LogP contribution in [0.25, 0.3) is 6.08 Å². The summed E-state index contributed by atoms with van der Waals surface area (Å²) in [5, 5.41) is 11.1. The Morgan fingerprint density at radius 3 is 2.77 bits per heavy atom. The van der Waals surface area contributed by atoms with Crippen molar-refractivity contribution in [2.24, 2.45) is 0 Å². The molecule has 1 aliphatic rings. The summed E-state index contributed by atoms with van der Waals surface area (Å²) >= 11 is 6.21. The normalized spacial score (nSPS) is 16.7. The number of benzene rings is 1. The molecule has 0 bridgehead atoms. The Morgan fingerprint density at radius 1 is 1.50 bits per heavy atom. The number of thiocarbonyl (C=S) groups is 1. The highest BCUT2D eigenvalue weighted by atomic mass is 32.2. The first-order valence-corrected chi connectivity index (χ1v) is 8.78. The zero-order chi connectivity index (χ0) is 19.4. The number of esters is 1. The van der Waals surface area contributed by atoms with Gasteiger partial charge in [0.15, 0.2) is 5.75 Å². The van der Waals surface area contributed by atoms with Crippen molar-refractivity contribution in [3.05, 3.63) is 38.8 Å². The van der Waals surface area contributed by atoms with Gasteiger partial charge in [0, 0.05) is 6.07 Å². The molecule has 1 aliphatic heterocycles. The monoisotopic (exact) mass is 396 g/mol. The number of methoxy groups -OCH3 is 1. The van der Waals surface area contributed by atoms with Gasteiger partial charge >= 0.3 is 11.7 Å². The maximum atomic E-state index is 12.6. The topological polar surface area (TPSA) is 99.0 Å². The summed E-state index contributed by atoms with van der Waals surface area (Å²) in [6.07, 6.45) is 1.49. The first kappa shape index (κ1) is 19.9. The number of nitro groups is 1. The van der Waals surface area contributed by atoms with Crippen LogP contribution < -0.4 is 4.74 Å². The van der Waals surface area contributed by atoms with Gasteiger partial charge in [-0.3, -0.25) is 19.8 Å². The Morgan fingerprint density at radius 2 is 2.19 bits per heavy atom. The van der Waals surface area contributed by atoms with Gasteiger partial charge in [-0.1, -0.05) is 30.0 Å². The van der Waals surface area contributed by atoms with E-state index in [1.807, 2.05) is 0 Å². The number of carbonyl (C=O) groups excluding carboxylic acids is 2. The van der Waals surface area contributed by atoms with E-state index >= 15 is 0 Å². The van der Waals surface area contributed by atoms with Crippen LogP contribution in [0, 0.1) is 10.1 Å². The molecule has 0 aliphatic carbocycles. The third-order valence-corrected chi connectivity index (χ3v) is 4.87. The van der Waals surface area contributed by atoms with E-state index < -0.39 is 22.8 Å². The number of thioether (sulfide) groups is 1. The molecule has 10 heteroatoms. The lowest BCUT2D eigenvalue weighted by molar-refractivity contribution is -0.385. The molecule has 1 saturated heterocycles. The van der Waals surface area contributed by atoms with Crippen LogP contribution in [0.5, 0.6) is 5.75 Å². The van der Waals surface area contributed by atoms with Gasteiger partial charge in [0.25, 0.3) is 5.91 Å². The molecule has 1 unspecified atom stereocenters.